The first-order chi connectivity index (χ1) is 7.70. The van der Waals surface area contributed by atoms with Crippen molar-refractivity contribution in [2.24, 2.45) is 7.05 Å². The number of nitrogens with zero attached hydrogens (tertiary/aromatic N) is 2. The molecule has 1 heterocycles. The summed E-state index contributed by atoms with van der Waals surface area (Å²) in [7, 11) is 1.93. The zero-order chi connectivity index (χ0) is 11.5. The van der Waals surface area contributed by atoms with Crippen LogP contribution in [0.15, 0.2) is 40.3 Å². The lowest BCUT2D eigenvalue weighted by Crippen LogP contribution is -1.93. The van der Waals surface area contributed by atoms with Crippen molar-refractivity contribution in [3.63, 3.8) is 0 Å². The van der Waals surface area contributed by atoms with Crippen molar-refractivity contribution < 1.29 is 5.11 Å². The highest BCUT2D eigenvalue weighted by Crippen LogP contribution is 2.30. The van der Waals surface area contributed by atoms with E-state index in [0.29, 0.717) is 0 Å². The molecule has 3 nitrogen and oxygen atoms in total. The molecule has 0 radical (unpaired) electrons. The van der Waals surface area contributed by atoms with Gasteiger partial charge in [0.25, 0.3) is 0 Å². The van der Waals surface area contributed by atoms with Crippen molar-refractivity contribution >= 4 is 11.8 Å². The Balaban J connectivity index is 2.30. The lowest BCUT2D eigenvalue weighted by Gasteiger charge is -2.06. The average molecular weight is 234 g/mol. The number of rotatable bonds is 3. The fourth-order valence-corrected chi connectivity index (χ4v) is 2.57. The van der Waals surface area contributed by atoms with Gasteiger partial charge >= 0.3 is 0 Å². The van der Waals surface area contributed by atoms with Crippen LogP contribution < -0.4 is 0 Å². The zero-order valence-corrected chi connectivity index (χ0v) is 10.2. The molecule has 0 aliphatic carbocycles. The van der Waals surface area contributed by atoms with Gasteiger partial charge in [0.2, 0.25) is 0 Å². The molecule has 0 amide bonds. The van der Waals surface area contributed by atoms with E-state index in [1.165, 1.54) is 0 Å². The van der Waals surface area contributed by atoms with Gasteiger partial charge < -0.3 is 5.11 Å². The van der Waals surface area contributed by atoms with E-state index in [9.17, 15) is 5.11 Å². The molecular formula is C12H14N2OS. The van der Waals surface area contributed by atoms with Gasteiger partial charge in [-0.25, -0.2) is 0 Å². The minimum atomic E-state index is 0.0695. The number of benzene rings is 1. The van der Waals surface area contributed by atoms with Gasteiger partial charge in [-0.3, -0.25) is 4.68 Å². The van der Waals surface area contributed by atoms with Crippen molar-refractivity contribution in [2.75, 3.05) is 0 Å². The molecule has 0 unspecified atom stereocenters. The maximum atomic E-state index is 9.24. The number of aromatic nitrogens is 2. The van der Waals surface area contributed by atoms with Crippen molar-refractivity contribution in [3.05, 3.63) is 41.6 Å². The van der Waals surface area contributed by atoms with Crippen LogP contribution in [-0.4, -0.2) is 14.9 Å². The number of aliphatic hydroxyl groups is 1. The van der Waals surface area contributed by atoms with Gasteiger partial charge in [0, 0.05) is 11.9 Å². The fourth-order valence-electron chi connectivity index (χ4n) is 1.53. The van der Waals surface area contributed by atoms with E-state index >= 15 is 0 Å². The van der Waals surface area contributed by atoms with Crippen LogP contribution in [0, 0.1) is 6.92 Å². The molecule has 2 rings (SSSR count). The molecule has 0 fully saturated rings. The van der Waals surface area contributed by atoms with E-state index in [0.717, 1.165) is 21.2 Å². The summed E-state index contributed by atoms with van der Waals surface area (Å²) in [4.78, 5) is 1.08. The van der Waals surface area contributed by atoms with E-state index in [2.05, 4.69) is 5.10 Å². The van der Waals surface area contributed by atoms with Crippen molar-refractivity contribution in [3.8, 4) is 0 Å². The lowest BCUT2D eigenvalue weighted by atomic mass is 10.2. The third kappa shape index (κ3) is 2.28. The SMILES string of the molecule is Cc1cc(Sc2ccccc2CO)n(C)n1. The standard InChI is InChI=1S/C12H14N2OS/c1-9-7-12(14(2)13-9)16-11-6-4-3-5-10(11)8-15/h3-7,15H,8H2,1-2H3. The lowest BCUT2D eigenvalue weighted by molar-refractivity contribution is 0.279. The molecule has 84 valence electrons. The van der Waals surface area contributed by atoms with Crippen molar-refractivity contribution in [2.45, 2.75) is 23.5 Å². The fraction of sp³-hybridized carbons (Fsp3) is 0.250. The van der Waals surface area contributed by atoms with E-state index in [-0.39, 0.29) is 6.61 Å². The van der Waals surface area contributed by atoms with E-state index in [1.54, 1.807) is 11.8 Å². The number of hydrogen-bond acceptors (Lipinski definition) is 3. The van der Waals surface area contributed by atoms with Crippen LogP contribution >= 0.6 is 11.8 Å². The Bertz CT molecular complexity index is 494. The summed E-state index contributed by atoms with van der Waals surface area (Å²) in [5, 5.41) is 14.6. The van der Waals surface area contributed by atoms with Gasteiger partial charge in [-0.15, -0.1) is 0 Å². The van der Waals surface area contributed by atoms with E-state index in [4.69, 9.17) is 0 Å². The molecular weight excluding hydrogens is 220 g/mol. The molecule has 0 saturated carbocycles. The first kappa shape index (κ1) is 11.2. The van der Waals surface area contributed by atoms with Crippen LogP contribution in [-0.2, 0) is 13.7 Å². The van der Waals surface area contributed by atoms with Gasteiger partial charge in [0.15, 0.2) is 0 Å². The van der Waals surface area contributed by atoms with Crippen molar-refractivity contribution in [1.29, 1.82) is 0 Å². The van der Waals surface area contributed by atoms with Crippen LogP contribution in [0.25, 0.3) is 0 Å². The Labute approximate surface area is 99.1 Å². The molecule has 2 aromatic rings. The summed E-state index contributed by atoms with van der Waals surface area (Å²) >= 11 is 1.63. The minimum Gasteiger partial charge on any atom is -0.392 e. The minimum absolute atomic E-state index is 0.0695. The largest absolute Gasteiger partial charge is 0.392 e. The quantitative estimate of drug-likeness (QED) is 0.886. The summed E-state index contributed by atoms with van der Waals surface area (Å²) in [5.74, 6) is 0. The Morgan fingerprint density at radius 3 is 2.75 bits per heavy atom. The summed E-state index contributed by atoms with van der Waals surface area (Å²) in [6.07, 6.45) is 0. The molecule has 1 N–H and O–H groups in total. The predicted octanol–water partition coefficient (Wildman–Crippen LogP) is 2.37. The molecule has 0 aliphatic rings. The smallest absolute Gasteiger partial charge is 0.0987 e. The molecule has 0 bridgehead atoms. The molecule has 0 saturated heterocycles. The first-order valence-corrected chi connectivity index (χ1v) is 5.89. The van der Waals surface area contributed by atoms with Crippen LogP contribution in [0.2, 0.25) is 0 Å². The van der Waals surface area contributed by atoms with E-state index in [1.807, 2.05) is 49.0 Å². The highest BCUT2D eigenvalue weighted by molar-refractivity contribution is 7.99. The Morgan fingerprint density at radius 2 is 2.12 bits per heavy atom. The number of aliphatic hydroxyl groups excluding tert-OH is 1. The molecule has 1 aromatic carbocycles. The summed E-state index contributed by atoms with van der Waals surface area (Å²) in [5.41, 5.74) is 1.96. The Hall–Kier alpha value is -1.26. The van der Waals surface area contributed by atoms with Gasteiger partial charge in [-0.2, -0.15) is 5.10 Å². The van der Waals surface area contributed by atoms with Gasteiger partial charge in [0.1, 0.15) is 0 Å². The Morgan fingerprint density at radius 1 is 1.38 bits per heavy atom. The maximum Gasteiger partial charge on any atom is 0.0987 e. The van der Waals surface area contributed by atoms with Gasteiger partial charge in [-0.05, 0) is 24.6 Å². The highest BCUT2D eigenvalue weighted by Gasteiger charge is 2.07. The third-order valence-electron chi connectivity index (χ3n) is 2.32. The number of hydrogen-bond donors (Lipinski definition) is 1. The molecule has 0 aliphatic heterocycles. The highest BCUT2D eigenvalue weighted by atomic mass is 32.2. The topological polar surface area (TPSA) is 38.0 Å². The maximum absolute atomic E-state index is 9.24. The van der Waals surface area contributed by atoms with Crippen LogP contribution in [0.4, 0.5) is 0 Å². The summed E-state index contributed by atoms with van der Waals surface area (Å²) in [6, 6.07) is 9.90. The second kappa shape index (κ2) is 4.72. The van der Waals surface area contributed by atoms with Gasteiger partial charge in [0.05, 0.1) is 17.3 Å². The van der Waals surface area contributed by atoms with Crippen LogP contribution in [0.5, 0.6) is 0 Å². The second-order valence-corrected chi connectivity index (χ2v) is 4.68. The van der Waals surface area contributed by atoms with Crippen molar-refractivity contribution in [1.82, 2.24) is 9.78 Å². The van der Waals surface area contributed by atoms with Gasteiger partial charge in [-0.1, -0.05) is 30.0 Å². The molecule has 0 atom stereocenters. The molecule has 16 heavy (non-hydrogen) atoms. The second-order valence-electron chi connectivity index (χ2n) is 3.62. The normalized spacial score (nSPS) is 10.7. The molecule has 0 spiro atoms. The third-order valence-corrected chi connectivity index (χ3v) is 3.53. The molecule has 4 heteroatoms. The zero-order valence-electron chi connectivity index (χ0n) is 9.34. The van der Waals surface area contributed by atoms with E-state index < -0.39 is 0 Å². The van der Waals surface area contributed by atoms with Crippen LogP contribution in [0.3, 0.4) is 0 Å². The van der Waals surface area contributed by atoms with Crippen LogP contribution in [0.1, 0.15) is 11.3 Å². The number of aryl methyl sites for hydroxylation is 2. The molecule has 1 aromatic heterocycles. The summed E-state index contributed by atoms with van der Waals surface area (Å²) in [6.45, 7) is 2.04. The predicted molar refractivity (Wildman–Crippen MR) is 64.4 cm³/mol. The summed E-state index contributed by atoms with van der Waals surface area (Å²) < 4.78 is 1.86. The monoisotopic (exact) mass is 234 g/mol. The first-order valence-electron chi connectivity index (χ1n) is 5.08. The Kier molecular flexibility index (Phi) is 3.31. The average Bonchev–Trinajstić information content (AvgIpc) is 2.58.